The smallest absolute Gasteiger partial charge is 0.225 e. The summed E-state index contributed by atoms with van der Waals surface area (Å²) in [5.74, 6) is 0.626. The molecule has 164 valence electrons. The largest absolute Gasteiger partial charge is 0.342 e. The van der Waals surface area contributed by atoms with Crippen LogP contribution in [0.5, 0.6) is 0 Å². The number of fused-ring (bicyclic) bond motifs is 1. The summed E-state index contributed by atoms with van der Waals surface area (Å²) in [7, 11) is 0. The Bertz CT molecular complexity index is 736. The Labute approximate surface area is 181 Å². The van der Waals surface area contributed by atoms with Crippen LogP contribution >= 0.6 is 0 Å². The van der Waals surface area contributed by atoms with Crippen LogP contribution in [0.3, 0.4) is 0 Å². The minimum atomic E-state index is 0.233. The second-order valence-corrected chi connectivity index (χ2v) is 9.36. The van der Waals surface area contributed by atoms with Gasteiger partial charge in [0, 0.05) is 36.7 Å². The lowest BCUT2D eigenvalue weighted by Gasteiger charge is -2.44. The Morgan fingerprint density at radius 3 is 2.57 bits per heavy atom. The molecule has 0 unspecified atom stereocenters. The van der Waals surface area contributed by atoms with Gasteiger partial charge in [-0.05, 0) is 88.2 Å². The molecular weight excluding hydrogens is 374 g/mol. The van der Waals surface area contributed by atoms with Crippen LogP contribution in [0.25, 0.3) is 0 Å². The van der Waals surface area contributed by atoms with Crippen molar-refractivity contribution in [1.29, 1.82) is 0 Å². The number of aldehydes is 1. The van der Waals surface area contributed by atoms with Gasteiger partial charge in [0.25, 0.3) is 0 Å². The third kappa shape index (κ3) is 4.78. The third-order valence-corrected chi connectivity index (χ3v) is 7.45. The first-order valence-electron chi connectivity index (χ1n) is 12.0. The molecule has 2 heterocycles. The minimum Gasteiger partial charge on any atom is -0.342 e. The molecule has 1 aromatic rings. The molecule has 1 aliphatic carbocycles. The Morgan fingerprint density at radius 1 is 1.10 bits per heavy atom. The van der Waals surface area contributed by atoms with Gasteiger partial charge in [-0.2, -0.15) is 0 Å². The standard InChI is InChI=1S/C25H37N3O2/c1-2-13-28(24-6-5-20-4-3-19(18-29)16-22(20)17-24)23-9-14-27(15-10-23)25(30)21-7-11-26-12-8-21/h3-4,16,18,21,23-24,26H,2,5-15,17H2,1H3/t24-/m1/s1. The van der Waals surface area contributed by atoms with Crippen molar-refractivity contribution in [2.75, 3.05) is 32.7 Å². The SMILES string of the molecule is CCCN(C1CCN(C(=O)C2CCNCC2)CC1)[C@@H]1CCc2ccc(C=O)cc2C1. The molecule has 1 aromatic carbocycles. The molecule has 0 spiro atoms. The van der Waals surface area contributed by atoms with Crippen LogP contribution in [-0.4, -0.2) is 66.8 Å². The van der Waals surface area contributed by atoms with Gasteiger partial charge in [-0.1, -0.05) is 19.1 Å². The number of rotatable bonds is 6. The Kier molecular flexibility index (Phi) is 7.21. The first kappa shape index (κ1) is 21.5. The zero-order valence-corrected chi connectivity index (χ0v) is 18.4. The number of benzene rings is 1. The first-order valence-corrected chi connectivity index (χ1v) is 12.0. The van der Waals surface area contributed by atoms with Crippen LogP contribution in [0.4, 0.5) is 0 Å². The predicted molar refractivity (Wildman–Crippen MR) is 120 cm³/mol. The molecule has 5 nitrogen and oxygen atoms in total. The zero-order chi connectivity index (χ0) is 20.9. The van der Waals surface area contributed by atoms with Crippen molar-refractivity contribution in [3.8, 4) is 0 Å². The van der Waals surface area contributed by atoms with E-state index in [-0.39, 0.29) is 5.92 Å². The van der Waals surface area contributed by atoms with E-state index >= 15 is 0 Å². The summed E-state index contributed by atoms with van der Waals surface area (Å²) in [5.41, 5.74) is 3.56. The highest BCUT2D eigenvalue weighted by Gasteiger charge is 2.34. The number of piperidine rings is 2. The number of carbonyl (C=O) groups excluding carboxylic acids is 2. The second kappa shape index (κ2) is 10.1. The summed E-state index contributed by atoms with van der Waals surface area (Å²) < 4.78 is 0. The van der Waals surface area contributed by atoms with Gasteiger partial charge < -0.3 is 10.2 Å². The second-order valence-electron chi connectivity index (χ2n) is 9.36. The summed E-state index contributed by atoms with van der Waals surface area (Å²) in [4.78, 5) is 29.0. The minimum absolute atomic E-state index is 0.233. The lowest BCUT2D eigenvalue weighted by molar-refractivity contribution is -0.138. The highest BCUT2D eigenvalue weighted by molar-refractivity contribution is 5.79. The molecule has 0 radical (unpaired) electrons. The van der Waals surface area contributed by atoms with E-state index in [0.29, 0.717) is 18.0 Å². The summed E-state index contributed by atoms with van der Waals surface area (Å²) in [5, 5.41) is 3.36. The maximum absolute atomic E-state index is 12.9. The maximum Gasteiger partial charge on any atom is 0.225 e. The normalized spacial score (nSPS) is 23.4. The fraction of sp³-hybridized carbons (Fsp3) is 0.680. The fourth-order valence-electron chi connectivity index (χ4n) is 5.78. The predicted octanol–water partition coefficient (Wildman–Crippen LogP) is 3.06. The Balaban J connectivity index is 1.38. The van der Waals surface area contributed by atoms with Crippen LogP contribution in [0.2, 0.25) is 0 Å². The molecule has 3 aliphatic rings. The molecule has 2 saturated heterocycles. The average Bonchev–Trinajstić information content (AvgIpc) is 2.82. The molecule has 4 rings (SSSR count). The molecule has 1 N–H and O–H groups in total. The summed E-state index contributed by atoms with van der Waals surface area (Å²) >= 11 is 0. The number of nitrogens with zero attached hydrogens (tertiary/aromatic N) is 2. The number of nitrogens with one attached hydrogen (secondary N) is 1. The molecule has 0 bridgehead atoms. The summed E-state index contributed by atoms with van der Waals surface area (Å²) in [6, 6.07) is 7.31. The number of hydrogen-bond donors (Lipinski definition) is 1. The van der Waals surface area contributed by atoms with E-state index in [1.165, 1.54) is 17.5 Å². The van der Waals surface area contributed by atoms with Gasteiger partial charge >= 0.3 is 0 Å². The maximum atomic E-state index is 12.9. The van der Waals surface area contributed by atoms with Crippen molar-refractivity contribution in [1.82, 2.24) is 15.1 Å². The van der Waals surface area contributed by atoms with Crippen LogP contribution in [0.1, 0.15) is 66.9 Å². The molecule has 1 amide bonds. The molecular formula is C25H37N3O2. The van der Waals surface area contributed by atoms with Gasteiger partial charge in [0.1, 0.15) is 6.29 Å². The highest BCUT2D eigenvalue weighted by Crippen LogP contribution is 2.30. The Hall–Kier alpha value is -1.72. The van der Waals surface area contributed by atoms with Crippen LogP contribution in [-0.2, 0) is 17.6 Å². The zero-order valence-electron chi connectivity index (χ0n) is 18.4. The molecule has 5 heteroatoms. The van der Waals surface area contributed by atoms with E-state index in [0.717, 1.165) is 89.5 Å². The Morgan fingerprint density at radius 2 is 1.87 bits per heavy atom. The quantitative estimate of drug-likeness (QED) is 0.731. The molecule has 2 fully saturated rings. The molecule has 0 saturated carbocycles. The number of carbonyl (C=O) groups is 2. The van der Waals surface area contributed by atoms with Crippen LogP contribution in [0.15, 0.2) is 18.2 Å². The van der Waals surface area contributed by atoms with Crippen LogP contribution < -0.4 is 5.32 Å². The van der Waals surface area contributed by atoms with Crippen LogP contribution in [0, 0.1) is 5.92 Å². The number of aryl methyl sites for hydroxylation is 1. The molecule has 30 heavy (non-hydrogen) atoms. The number of likely N-dealkylation sites (tertiary alicyclic amines) is 1. The van der Waals surface area contributed by atoms with Crippen molar-refractivity contribution in [2.24, 2.45) is 5.92 Å². The van der Waals surface area contributed by atoms with E-state index in [2.05, 4.69) is 34.2 Å². The van der Waals surface area contributed by atoms with Gasteiger partial charge in [0.05, 0.1) is 0 Å². The van der Waals surface area contributed by atoms with E-state index < -0.39 is 0 Å². The first-order chi connectivity index (χ1) is 14.7. The van der Waals surface area contributed by atoms with Crippen molar-refractivity contribution < 1.29 is 9.59 Å². The van der Waals surface area contributed by atoms with E-state index in [9.17, 15) is 9.59 Å². The molecule has 0 aromatic heterocycles. The van der Waals surface area contributed by atoms with Gasteiger partial charge in [-0.15, -0.1) is 0 Å². The van der Waals surface area contributed by atoms with Crippen molar-refractivity contribution >= 4 is 12.2 Å². The molecule has 1 atom stereocenters. The third-order valence-electron chi connectivity index (χ3n) is 7.45. The summed E-state index contributed by atoms with van der Waals surface area (Å²) in [6.07, 6.45) is 9.63. The fourth-order valence-corrected chi connectivity index (χ4v) is 5.78. The number of amides is 1. The van der Waals surface area contributed by atoms with Crippen molar-refractivity contribution in [3.63, 3.8) is 0 Å². The number of hydrogen-bond acceptors (Lipinski definition) is 4. The molecule has 2 aliphatic heterocycles. The topological polar surface area (TPSA) is 52.6 Å². The van der Waals surface area contributed by atoms with Crippen molar-refractivity contribution in [3.05, 3.63) is 34.9 Å². The van der Waals surface area contributed by atoms with E-state index in [4.69, 9.17) is 0 Å². The highest BCUT2D eigenvalue weighted by atomic mass is 16.2. The van der Waals surface area contributed by atoms with Gasteiger partial charge in [-0.3, -0.25) is 14.5 Å². The van der Waals surface area contributed by atoms with Crippen molar-refractivity contribution in [2.45, 2.75) is 70.4 Å². The van der Waals surface area contributed by atoms with E-state index in [1.807, 2.05) is 6.07 Å². The van der Waals surface area contributed by atoms with Gasteiger partial charge in [-0.25, -0.2) is 0 Å². The monoisotopic (exact) mass is 411 g/mol. The average molecular weight is 412 g/mol. The van der Waals surface area contributed by atoms with Gasteiger partial charge in [0.15, 0.2) is 0 Å². The summed E-state index contributed by atoms with van der Waals surface area (Å²) in [6.45, 7) is 7.17. The lowest BCUT2D eigenvalue weighted by Crippen LogP contribution is -2.52. The van der Waals surface area contributed by atoms with Gasteiger partial charge in [0.2, 0.25) is 5.91 Å². The van der Waals surface area contributed by atoms with E-state index in [1.54, 1.807) is 0 Å². The lowest BCUT2D eigenvalue weighted by atomic mass is 9.85.